The van der Waals surface area contributed by atoms with Gasteiger partial charge >= 0.3 is 11.9 Å². The summed E-state index contributed by atoms with van der Waals surface area (Å²) in [5.41, 5.74) is 0.114. The fourth-order valence-electron chi connectivity index (χ4n) is 2.09. The second-order valence-corrected chi connectivity index (χ2v) is 5.31. The number of methoxy groups -OCH3 is 2. The Bertz CT molecular complexity index is 826. The second kappa shape index (κ2) is 9.76. The van der Waals surface area contributed by atoms with Crippen molar-refractivity contribution in [3.05, 3.63) is 59.2 Å². The van der Waals surface area contributed by atoms with E-state index in [4.69, 9.17) is 0 Å². The van der Waals surface area contributed by atoms with Crippen LogP contribution in [0, 0.1) is 0 Å². The van der Waals surface area contributed by atoms with Crippen molar-refractivity contribution in [1.29, 1.82) is 0 Å². The van der Waals surface area contributed by atoms with Gasteiger partial charge in [-0.1, -0.05) is 12.1 Å². The normalized spacial score (nSPS) is 9.93. The average Bonchev–Trinajstić information content (AvgIpc) is 2.75. The third-order valence-corrected chi connectivity index (χ3v) is 3.45. The highest BCUT2D eigenvalue weighted by Crippen LogP contribution is 2.02. The molecule has 10 heteroatoms. The van der Waals surface area contributed by atoms with Gasteiger partial charge in [0.05, 0.1) is 14.2 Å². The van der Waals surface area contributed by atoms with Crippen LogP contribution in [0.5, 0.6) is 0 Å². The van der Waals surface area contributed by atoms with E-state index in [0.717, 1.165) is 0 Å². The van der Waals surface area contributed by atoms with Crippen LogP contribution in [-0.4, -0.2) is 61.0 Å². The molecule has 0 atom stereocenters. The fraction of sp³-hybridized carbons (Fsp3) is 0.222. The van der Waals surface area contributed by atoms with Crippen LogP contribution in [0.25, 0.3) is 0 Å². The molecule has 0 radical (unpaired) electrons. The highest BCUT2D eigenvalue weighted by Gasteiger charge is 2.14. The van der Waals surface area contributed by atoms with Crippen LogP contribution >= 0.6 is 0 Å². The lowest BCUT2D eigenvalue weighted by Crippen LogP contribution is -2.35. The van der Waals surface area contributed by atoms with E-state index in [1.54, 1.807) is 0 Å². The standard InChI is InChI=1S/C18H18N4O6/c1-27-17(25)13-7-3-5-11(21-13)15(23)19-9-10-20-16(24)12-6-4-8-14(22-12)18(26)28-2/h3-8H,9-10H2,1-2H3,(H,19,23)(H,20,24). The van der Waals surface area contributed by atoms with Gasteiger partial charge in [-0.2, -0.15) is 0 Å². The van der Waals surface area contributed by atoms with Crippen LogP contribution in [0.3, 0.4) is 0 Å². The van der Waals surface area contributed by atoms with Crippen molar-refractivity contribution < 1.29 is 28.7 Å². The number of aromatic nitrogens is 2. The largest absolute Gasteiger partial charge is 0.464 e. The summed E-state index contributed by atoms with van der Waals surface area (Å²) < 4.78 is 9.11. The van der Waals surface area contributed by atoms with E-state index in [2.05, 4.69) is 30.1 Å². The number of esters is 2. The Morgan fingerprint density at radius 3 is 1.43 bits per heavy atom. The van der Waals surface area contributed by atoms with E-state index in [1.165, 1.54) is 50.6 Å². The molecule has 0 aromatic carbocycles. The lowest BCUT2D eigenvalue weighted by atomic mass is 10.3. The summed E-state index contributed by atoms with van der Waals surface area (Å²) in [5, 5.41) is 5.13. The Labute approximate surface area is 160 Å². The summed E-state index contributed by atoms with van der Waals surface area (Å²) in [6.07, 6.45) is 0. The first-order valence-corrected chi connectivity index (χ1v) is 8.13. The molecule has 10 nitrogen and oxygen atoms in total. The van der Waals surface area contributed by atoms with Gasteiger partial charge in [0.25, 0.3) is 11.8 Å². The molecule has 2 heterocycles. The Morgan fingerprint density at radius 1 is 0.714 bits per heavy atom. The molecule has 146 valence electrons. The van der Waals surface area contributed by atoms with E-state index in [1.807, 2.05) is 0 Å². The molecule has 0 bridgehead atoms. The first-order valence-electron chi connectivity index (χ1n) is 8.13. The summed E-state index contributed by atoms with van der Waals surface area (Å²) >= 11 is 0. The van der Waals surface area contributed by atoms with Crippen LogP contribution in [0.1, 0.15) is 42.0 Å². The van der Waals surface area contributed by atoms with E-state index in [-0.39, 0.29) is 35.9 Å². The molecule has 2 aromatic rings. The zero-order chi connectivity index (χ0) is 20.5. The Balaban J connectivity index is 1.85. The van der Waals surface area contributed by atoms with Gasteiger partial charge in [0.1, 0.15) is 22.8 Å². The summed E-state index contributed by atoms with van der Waals surface area (Å²) in [5.74, 6) is -2.32. The molecule has 0 fully saturated rings. The Morgan fingerprint density at radius 2 is 1.07 bits per heavy atom. The zero-order valence-electron chi connectivity index (χ0n) is 15.2. The smallest absolute Gasteiger partial charge is 0.356 e. The van der Waals surface area contributed by atoms with E-state index in [9.17, 15) is 19.2 Å². The molecule has 2 aromatic heterocycles. The fourth-order valence-corrected chi connectivity index (χ4v) is 2.09. The van der Waals surface area contributed by atoms with Crippen LogP contribution in [-0.2, 0) is 9.47 Å². The number of hydrogen-bond donors (Lipinski definition) is 2. The maximum absolute atomic E-state index is 12.1. The van der Waals surface area contributed by atoms with Crippen molar-refractivity contribution in [3.8, 4) is 0 Å². The molecule has 0 spiro atoms. The van der Waals surface area contributed by atoms with Crippen LogP contribution in [0.2, 0.25) is 0 Å². The number of nitrogens with one attached hydrogen (secondary N) is 2. The van der Waals surface area contributed by atoms with E-state index >= 15 is 0 Å². The highest BCUT2D eigenvalue weighted by atomic mass is 16.5. The maximum Gasteiger partial charge on any atom is 0.356 e. The van der Waals surface area contributed by atoms with Crippen molar-refractivity contribution in [3.63, 3.8) is 0 Å². The van der Waals surface area contributed by atoms with Gasteiger partial charge in [-0.15, -0.1) is 0 Å². The molecule has 0 aliphatic carbocycles. The van der Waals surface area contributed by atoms with Crippen LogP contribution in [0.4, 0.5) is 0 Å². The summed E-state index contributed by atoms with van der Waals surface area (Å²) in [6.45, 7) is 0.233. The van der Waals surface area contributed by atoms with Crippen molar-refractivity contribution in [2.75, 3.05) is 27.3 Å². The molecule has 28 heavy (non-hydrogen) atoms. The lowest BCUT2D eigenvalue weighted by Gasteiger charge is -2.08. The second-order valence-electron chi connectivity index (χ2n) is 5.31. The molecule has 0 saturated carbocycles. The van der Waals surface area contributed by atoms with Crippen LogP contribution < -0.4 is 10.6 Å². The van der Waals surface area contributed by atoms with Gasteiger partial charge in [0.2, 0.25) is 0 Å². The molecule has 2 N–H and O–H groups in total. The highest BCUT2D eigenvalue weighted by molar-refractivity contribution is 5.95. The maximum atomic E-state index is 12.1. The van der Waals surface area contributed by atoms with Gasteiger partial charge in [-0.05, 0) is 24.3 Å². The third kappa shape index (κ3) is 5.34. The lowest BCUT2D eigenvalue weighted by molar-refractivity contribution is 0.0584. The average molecular weight is 386 g/mol. The first kappa shape index (κ1) is 20.5. The number of pyridine rings is 2. The third-order valence-electron chi connectivity index (χ3n) is 3.45. The summed E-state index contributed by atoms with van der Waals surface area (Å²) in [6, 6.07) is 8.77. The molecule has 2 rings (SSSR count). The van der Waals surface area contributed by atoms with Gasteiger partial charge in [-0.25, -0.2) is 19.6 Å². The summed E-state index contributed by atoms with van der Waals surface area (Å²) in [4.78, 5) is 54.9. The SMILES string of the molecule is COC(=O)c1cccc(C(=O)NCCNC(=O)c2cccc(C(=O)OC)n2)n1. The Kier molecular flexibility index (Phi) is 7.14. The molecule has 0 saturated heterocycles. The zero-order valence-corrected chi connectivity index (χ0v) is 15.2. The monoisotopic (exact) mass is 386 g/mol. The number of hydrogen-bond acceptors (Lipinski definition) is 8. The van der Waals surface area contributed by atoms with Crippen molar-refractivity contribution in [2.45, 2.75) is 0 Å². The number of amides is 2. The minimum atomic E-state index is -0.649. The summed E-state index contributed by atoms with van der Waals surface area (Å²) in [7, 11) is 2.43. The first-order chi connectivity index (χ1) is 13.5. The van der Waals surface area contributed by atoms with Gasteiger partial charge in [0.15, 0.2) is 0 Å². The number of ether oxygens (including phenoxy) is 2. The number of carbonyl (C=O) groups excluding carboxylic acids is 4. The minimum absolute atomic E-state index is 0.0139. The molecule has 0 aliphatic heterocycles. The predicted molar refractivity (Wildman–Crippen MR) is 95.8 cm³/mol. The Hall–Kier alpha value is -3.82. The molecule has 0 unspecified atom stereocenters. The molecule has 0 aliphatic rings. The molecular formula is C18H18N4O6. The number of nitrogens with zero attached hydrogens (tertiary/aromatic N) is 2. The van der Waals surface area contributed by atoms with Gasteiger partial charge < -0.3 is 20.1 Å². The van der Waals surface area contributed by atoms with Gasteiger partial charge in [-0.3, -0.25) is 9.59 Å². The molecule has 2 amide bonds. The van der Waals surface area contributed by atoms with Crippen molar-refractivity contribution >= 4 is 23.8 Å². The van der Waals surface area contributed by atoms with Crippen molar-refractivity contribution in [1.82, 2.24) is 20.6 Å². The van der Waals surface area contributed by atoms with Crippen molar-refractivity contribution in [2.24, 2.45) is 0 Å². The van der Waals surface area contributed by atoms with E-state index < -0.39 is 23.8 Å². The van der Waals surface area contributed by atoms with E-state index in [0.29, 0.717) is 0 Å². The quantitative estimate of drug-likeness (QED) is 0.509. The topological polar surface area (TPSA) is 137 Å². The number of rotatable bonds is 7. The predicted octanol–water partition coefficient (Wildman–Crippen LogP) is 0.210. The van der Waals surface area contributed by atoms with Crippen LogP contribution in [0.15, 0.2) is 36.4 Å². The van der Waals surface area contributed by atoms with Gasteiger partial charge in [0, 0.05) is 13.1 Å². The minimum Gasteiger partial charge on any atom is -0.464 e. The number of carbonyl (C=O) groups is 4. The molecular weight excluding hydrogens is 368 g/mol.